The summed E-state index contributed by atoms with van der Waals surface area (Å²) in [5.41, 5.74) is 3.52. The number of thioether (sulfide) groups is 1. The summed E-state index contributed by atoms with van der Waals surface area (Å²) in [5, 5.41) is 19.7. The normalized spacial score (nSPS) is 14.5. The molecule has 2 aliphatic heterocycles. The minimum atomic E-state index is -0.684. The highest BCUT2D eigenvalue weighted by Crippen LogP contribution is 2.41. The van der Waals surface area contributed by atoms with Crippen LogP contribution in [0.25, 0.3) is 22.0 Å². The number of aromatic amines is 1. The highest BCUT2D eigenvalue weighted by Gasteiger charge is 2.28. The number of methoxy groups -OCH3 is 1. The lowest BCUT2D eigenvalue weighted by Gasteiger charge is -2.18. The largest absolute Gasteiger partial charge is 0.493 e. The molecule has 0 saturated carbocycles. The summed E-state index contributed by atoms with van der Waals surface area (Å²) in [5.74, 6) is 3.27. The maximum atomic E-state index is 10.4. The third kappa shape index (κ3) is 3.78. The van der Waals surface area contributed by atoms with Crippen molar-refractivity contribution in [2.45, 2.75) is 24.2 Å². The fourth-order valence-electron chi connectivity index (χ4n) is 4.37. The molecule has 2 aromatic carbocycles. The highest BCUT2D eigenvalue weighted by molar-refractivity contribution is 7.99. The molecule has 2 aromatic heterocycles. The number of nitrogens with zero attached hydrogens (tertiary/aromatic N) is 3. The topological polar surface area (TPSA) is 103 Å². The van der Waals surface area contributed by atoms with Crippen molar-refractivity contribution in [1.29, 1.82) is 0 Å². The zero-order valence-electron chi connectivity index (χ0n) is 18.5. The molecule has 34 heavy (non-hydrogen) atoms. The molecule has 2 N–H and O–H groups in total. The van der Waals surface area contributed by atoms with Crippen LogP contribution in [0.15, 0.2) is 48.0 Å². The Morgan fingerprint density at radius 1 is 1.24 bits per heavy atom. The average molecular weight is 480 g/mol. The third-order valence-corrected chi connectivity index (χ3v) is 7.04. The number of aryl methyl sites for hydroxylation is 2. The van der Waals surface area contributed by atoms with Gasteiger partial charge in [-0.2, -0.15) is 9.67 Å². The molecule has 1 unspecified atom stereocenters. The van der Waals surface area contributed by atoms with Gasteiger partial charge in [0.25, 0.3) is 0 Å². The number of aliphatic hydroxyl groups is 1. The number of ether oxygens (including phenoxy) is 4. The number of aromatic nitrogens is 4. The van der Waals surface area contributed by atoms with E-state index in [1.165, 1.54) is 23.7 Å². The Morgan fingerprint density at radius 3 is 2.94 bits per heavy atom. The van der Waals surface area contributed by atoms with E-state index in [1.807, 2.05) is 12.1 Å². The van der Waals surface area contributed by atoms with Crippen LogP contribution in [-0.2, 0) is 13.0 Å². The maximum absolute atomic E-state index is 10.4. The smallest absolute Gasteiger partial charge is 0.231 e. The number of benzene rings is 2. The fraction of sp³-hybridized carbons (Fsp3) is 0.292. The first kappa shape index (κ1) is 21.1. The van der Waals surface area contributed by atoms with Crippen LogP contribution in [0.1, 0.15) is 5.56 Å². The Bertz CT molecular complexity index is 1360. The van der Waals surface area contributed by atoms with Crippen LogP contribution in [0.5, 0.6) is 23.0 Å². The van der Waals surface area contributed by atoms with E-state index in [2.05, 4.69) is 44.1 Å². The van der Waals surface area contributed by atoms with E-state index in [1.54, 1.807) is 7.11 Å². The first-order valence-electron chi connectivity index (χ1n) is 11.0. The Labute approximate surface area is 199 Å². The van der Waals surface area contributed by atoms with E-state index in [4.69, 9.17) is 18.9 Å². The van der Waals surface area contributed by atoms with Crippen LogP contribution in [0, 0.1) is 0 Å². The molecule has 0 amide bonds. The van der Waals surface area contributed by atoms with Gasteiger partial charge in [-0.25, -0.2) is 4.98 Å². The molecular formula is C24H23N4O5S+. The Kier molecular flexibility index (Phi) is 5.39. The summed E-state index contributed by atoms with van der Waals surface area (Å²) in [4.78, 5) is 4.06. The lowest BCUT2D eigenvalue weighted by atomic mass is 9.95. The SMILES string of the molecule is COc1ccc2cc3[n+](cc2c1OCC(O)CSc1ncn[nH]1)CCc1cc2c(cc1-3)OCO2. The van der Waals surface area contributed by atoms with Crippen LogP contribution in [-0.4, -0.2) is 52.7 Å². The van der Waals surface area contributed by atoms with Crippen molar-refractivity contribution in [3.63, 3.8) is 0 Å². The molecule has 174 valence electrons. The first-order valence-corrected chi connectivity index (χ1v) is 11.9. The van der Waals surface area contributed by atoms with E-state index in [9.17, 15) is 5.11 Å². The van der Waals surface area contributed by atoms with Gasteiger partial charge in [-0.1, -0.05) is 11.8 Å². The predicted molar refractivity (Wildman–Crippen MR) is 125 cm³/mol. The Hall–Kier alpha value is -3.50. The van der Waals surface area contributed by atoms with Gasteiger partial charge in [0.2, 0.25) is 12.5 Å². The minimum absolute atomic E-state index is 0.130. The van der Waals surface area contributed by atoms with E-state index in [0.717, 1.165) is 46.5 Å². The maximum Gasteiger partial charge on any atom is 0.231 e. The van der Waals surface area contributed by atoms with E-state index >= 15 is 0 Å². The van der Waals surface area contributed by atoms with Gasteiger partial charge in [-0.3, -0.25) is 5.10 Å². The highest BCUT2D eigenvalue weighted by atomic mass is 32.2. The zero-order valence-corrected chi connectivity index (χ0v) is 19.3. The molecule has 0 bridgehead atoms. The van der Waals surface area contributed by atoms with Crippen LogP contribution in [0.4, 0.5) is 0 Å². The van der Waals surface area contributed by atoms with Crippen molar-refractivity contribution < 1.29 is 28.6 Å². The number of rotatable bonds is 7. The number of H-pyrrole nitrogens is 1. The number of nitrogens with one attached hydrogen (secondary N) is 1. The second-order valence-corrected chi connectivity index (χ2v) is 9.14. The summed E-state index contributed by atoms with van der Waals surface area (Å²) in [7, 11) is 1.62. The van der Waals surface area contributed by atoms with E-state index in [0.29, 0.717) is 22.4 Å². The van der Waals surface area contributed by atoms with Crippen molar-refractivity contribution in [2.24, 2.45) is 0 Å². The molecular weight excluding hydrogens is 456 g/mol. The molecule has 0 fully saturated rings. The second kappa shape index (κ2) is 8.69. The monoisotopic (exact) mass is 479 g/mol. The van der Waals surface area contributed by atoms with Crippen LogP contribution >= 0.6 is 11.8 Å². The summed E-state index contributed by atoms with van der Waals surface area (Å²) in [6.45, 7) is 1.23. The Balaban J connectivity index is 1.31. The van der Waals surface area contributed by atoms with Gasteiger partial charge in [-0.15, -0.1) is 0 Å². The van der Waals surface area contributed by atoms with Gasteiger partial charge in [-0.05, 0) is 35.2 Å². The van der Waals surface area contributed by atoms with Gasteiger partial charge in [0.05, 0.1) is 24.2 Å². The van der Waals surface area contributed by atoms with Crippen molar-refractivity contribution in [3.8, 4) is 34.3 Å². The third-order valence-electron chi connectivity index (χ3n) is 6.02. The molecule has 0 saturated heterocycles. The molecule has 4 heterocycles. The quantitative estimate of drug-likeness (QED) is 0.308. The number of aliphatic hydroxyl groups excluding tert-OH is 1. The number of fused-ring (bicyclic) bond motifs is 5. The average Bonchev–Trinajstić information content (AvgIpc) is 3.55. The Morgan fingerprint density at radius 2 is 2.12 bits per heavy atom. The standard InChI is InChI=1S/C24H23N4O5S/c1-30-20-3-2-14-6-19-17-8-22-21(32-13-33-22)7-15(17)4-5-28(19)9-18(14)23(20)31-10-16(29)11-34-24-25-12-26-27-24/h2-3,6-9,12,16,29H,4-5,10-11,13H2,1H3,(H,25,26,27)/q+1. The zero-order chi connectivity index (χ0) is 23.1. The van der Waals surface area contributed by atoms with Crippen LogP contribution in [0.2, 0.25) is 0 Å². The van der Waals surface area contributed by atoms with E-state index < -0.39 is 6.10 Å². The molecule has 10 heteroatoms. The van der Waals surface area contributed by atoms with Crippen molar-refractivity contribution >= 4 is 22.5 Å². The van der Waals surface area contributed by atoms with Crippen molar-refractivity contribution in [3.05, 3.63) is 48.4 Å². The van der Waals surface area contributed by atoms with Gasteiger partial charge >= 0.3 is 0 Å². The van der Waals surface area contributed by atoms with Gasteiger partial charge in [0.1, 0.15) is 12.9 Å². The minimum Gasteiger partial charge on any atom is -0.493 e. The summed E-state index contributed by atoms with van der Waals surface area (Å²) >= 11 is 1.39. The molecule has 2 aliphatic rings. The van der Waals surface area contributed by atoms with Gasteiger partial charge < -0.3 is 24.1 Å². The number of pyridine rings is 1. The first-order chi connectivity index (χ1) is 16.7. The number of hydrogen-bond donors (Lipinski definition) is 2. The van der Waals surface area contributed by atoms with Crippen LogP contribution in [0.3, 0.4) is 0 Å². The van der Waals surface area contributed by atoms with Gasteiger partial charge in [0, 0.05) is 18.2 Å². The summed E-state index contributed by atoms with van der Waals surface area (Å²) < 4.78 is 25.1. The van der Waals surface area contributed by atoms with Crippen molar-refractivity contribution in [2.75, 3.05) is 26.3 Å². The lowest BCUT2D eigenvalue weighted by molar-refractivity contribution is -0.686. The van der Waals surface area contributed by atoms with Crippen molar-refractivity contribution in [1.82, 2.24) is 15.2 Å². The van der Waals surface area contributed by atoms with E-state index in [-0.39, 0.29) is 13.4 Å². The molecule has 4 aromatic rings. The summed E-state index contributed by atoms with van der Waals surface area (Å²) in [6, 6.07) is 10.2. The predicted octanol–water partition coefficient (Wildman–Crippen LogP) is 2.74. The van der Waals surface area contributed by atoms with Crippen LogP contribution < -0.4 is 23.5 Å². The fourth-order valence-corrected chi connectivity index (χ4v) is 5.06. The molecule has 1 atom stereocenters. The molecule has 6 rings (SSSR count). The summed E-state index contributed by atoms with van der Waals surface area (Å²) in [6.07, 6.45) is 3.76. The molecule has 0 radical (unpaired) electrons. The van der Waals surface area contributed by atoms with Gasteiger partial charge in [0.15, 0.2) is 40.9 Å². The number of hydrogen-bond acceptors (Lipinski definition) is 8. The second-order valence-electron chi connectivity index (χ2n) is 8.13. The molecule has 0 aliphatic carbocycles. The molecule has 9 nitrogen and oxygen atoms in total. The molecule has 0 spiro atoms. The lowest BCUT2D eigenvalue weighted by Crippen LogP contribution is -2.40.